The standard InChI is InChI=1S/C8H11F3O2/c1-12-7(8(9,10)11)6-2-4-13-5-3-6/h1,6-7H,2-5H2. The van der Waals surface area contributed by atoms with Crippen molar-refractivity contribution in [1.82, 2.24) is 0 Å². The molecule has 1 fully saturated rings. The molecule has 0 amide bonds. The van der Waals surface area contributed by atoms with E-state index in [1.54, 1.807) is 0 Å². The van der Waals surface area contributed by atoms with Crippen molar-refractivity contribution in [3.05, 3.63) is 7.11 Å². The van der Waals surface area contributed by atoms with Gasteiger partial charge in [-0.05, 0) is 18.8 Å². The molecule has 1 heterocycles. The van der Waals surface area contributed by atoms with Crippen LogP contribution in [-0.2, 0) is 9.47 Å². The summed E-state index contributed by atoms with van der Waals surface area (Å²) in [6, 6.07) is 0. The molecule has 0 aliphatic carbocycles. The third-order valence-electron chi connectivity index (χ3n) is 2.16. The van der Waals surface area contributed by atoms with Crippen LogP contribution in [0.15, 0.2) is 0 Å². The zero-order valence-corrected chi connectivity index (χ0v) is 7.01. The topological polar surface area (TPSA) is 18.5 Å². The maximum Gasteiger partial charge on any atom is 0.414 e. The fourth-order valence-electron chi connectivity index (χ4n) is 1.47. The van der Waals surface area contributed by atoms with E-state index in [0.717, 1.165) is 0 Å². The van der Waals surface area contributed by atoms with Gasteiger partial charge in [-0.15, -0.1) is 0 Å². The lowest BCUT2D eigenvalue weighted by Gasteiger charge is -2.30. The van der Waals surface area contributed by atoms with Gasteiger partial charge in [-0.2, -0.15) is 13.2 Å². The van der Waals surface area contributed by atoms with Crippen LogP contribution in [0.25, 0.3) is 0 Å². The Kier molecular flexibility index (Phi) is 3.55. The highest BCUT2D eigenvalue weighted by Crippen LogP contribution is 2.33. The van der Waals surface area contributed by atoms with E-state index in [9.17, 15) is 13.2 Å². The lowest BCUT2D eigenvalue weighted by atomic mass is 9.93. The molecule has 1 aliphatic heterocycles. The Morgan fingerprint density at radius 1 is 1.31 bits per heavy atom. The number of alkyl halides is 3. The van der Waals surface area contributed by atoms with Crippen molar-refractivity contribution in [2.75, 3.05) is 13.2 Å². The normalized spacial score (nSPS) is 23.1. The number of ether oxygens (including phenoxy) is 2. The first kappa shape index (κ1) is 10.8. The molecule has 2 radical (unpaired) electrons. The smallest absolute Gasteiger partial charge is 0.381 e. The van der Waals surface area contributed by atoms with Crippen LogP contribution in [0.1, 0.15) is 12.8 Å². The van der Waals surface area contributed by atoms with Crippen molar-refractivity contribution in [2.45, 2.75) is 25.1 Å². The summed E-state index contributed by atoms with van der Waals surface area (Å²) in [4.78, 5) is 0. The monoisotopic (exact) mass is 196 g/mol. The lowest BCUT2D eigenvalue weighted by Crippen LogP contribution is -2.39. The van der Waals surface area contributed by atoms with Gasteiger partial charge in [-0.1, -0.05) is 0 Å². The summed E-state index contributed by atoms with van der Waals surface area (Å²) >= 11 is 0. The van der Waals surface area contributed by atoms with E-state index in [2.05, 4.69) is 11.8 Å². The molecule has 5 heteroatoms. The van der Waals surface area contributed by atoms with E-state index in [1.807, 2.05) is 0 Å². The van der Waals surface area contributed by atoms with E-state index in [-0.39, 0.29) is 0 Å². The van der Waals surface area contributed by atoms with Crippen LogP contribution in [0.4, 0.5) is 13.2 Å². The Bertz CT molecular complexity index is 152. The minimum absolute atomic E-state index is 0.348. The van der Waals surface area contributed by atoms with E-state index in [1.165, 1.54) is 0 Å². The fraction of sp³-hybridized carbons (Fsp3) is 0.875. The summed E-state index contributed by atoms with van der Waals surface area (Å²) in [5.41, 5.74) is 0. The molecule has 76 valence electrons. The number of hydrogen-bond donors (Lipinski definition) is 0. The molecule has 0 bridgehead atoms. The number of hydrogen-bond acceptors (Lipinski definition) is 2. The predicted octanol–water partition coefficient (Wildman–Crippen LogP) is 2.03. The van der Waals surface area contributed by atoms with Gasteiger partial charge in [0.2, 0.25) is 0 Å². The summed E-state index contributed by atoms with van der Waals surface area (Å²) in [5.74, 6) is -0.571. The first-order chi connectivity index (χ1) is 6.05. The van der Waals surface area contributed by atoms with Gasteiger partial charge in [-0.3, -0.25) is 0 Å². The van der Waals surface area contributed by atoms with Crippen molar-refractivity contribution in [1.29, 1.82) is 0 Å². The average molecular weight is 196 g/mol. The average Bonchev–Trinajstić information content (AvgIpc) is 2.05. The molecule has 0 aromatic heterocycles. The van der Waals surface area contributed by atoms with E-state index >= 15 is 0 Å². The Labute approximate surface area is 75.0 Å². The highest BCUT2D eigenvalue weighted by molar-refractivity contribution is 4.79. The molecule has 0 aromatic rings. The quantitative estimate of drug-likeness (QED) is 0.672. The molecule has 1 atom stereocenters. The molecule has 1 saturated heterocycles. The first-order valence-corrected chi connectivity index (χ1v) is 4.05. The summed E-state index contributed by atoms with van der Waals surface area (Å²) in [5, 5.41) is 0. The van der Waals surface area contributed by atoms with Crippen LogP contribution >= 0.6 is 0 Å². The molecule has 0 aromatic carbocycles. The molecule has 1 aliphatic rings. The second-order valence-electron chi connectivity index (χ2n) is 3.05. The van der Waals surface area contributed by atoms with Gasteiger partial charge in [0.25, 0.3) is 0 Å². The van der Waals surface area contributed by atoms with E-state index < -0.39 is 18.2 Å². The third-order valence-corrected chi connectivity index (χ3v) is 2.16. The summed E-state index contributed by atoms with van der Waals surface area (Å²) < 4.78 is 45.7. The molecule has 13 heavy (non-hydrogen) atoms. The summed E-state index contributed by atoms with van der Waals surface area (Å²) in [6.07, 6.45) is -5.53. The van der Waals surface area contributed by atoms with Gasteiger partial charge < -0.3 is 9.47 Å². The fourth-order valence-corrected chi connectivity index (χ4v) is 1.47. The molecule has 2 nitrogen and oxygen atoms in total. The molecule has 0 spiro atoms. The third kappa shape index (κ3) is 2.84. The van der Waals surface area contributed by atoms with Crippen LogP contribution in [0.3, 0.4) is 0 Å². The van der Waals surface area contributed by atoms with Gasteiger partial charge in [-0.25, -0.2) is 0 Å². The van der Waals surface area contributed by atoms with Gasteiger partial charge in [0, 0.05) is 13.2 Å². The maximum absolute atomic E-state index is 12.3. The maximum atomic E-state index is 12.3. The minimum atomic E-state index is -4.38. The van der Waals surface area contributed by atoms with Crippen molar-refractivity contribution in [3.8, 4) is 0 Å². The molecule has 0 saturated carbocycles. The van der Waals surface area contributed by atoms with E-state index in [4.69, 9.17) is 4.74 Å². The van der Waals surface area contributed by atoms with Gasteiger partial charge in [0.15, 0.2) is 6.10 Å². The van der Waals surface area contributed by atoms with Crippen molar-refractivity contribution in [2.24, 2.45) is 5.92 Å². The van der Waals surface area contributed by atoms with Crippen LogP contribution in [0.2, 0.25) is 0 Å². The van der Waals surface area contributed by atoms with Crippen LogP contribution < -0.4 is 0 Å². The highest BCUT2D eigenvalue weighted by Gasteiger charge is 2.45. The second kappa shape index (κ2) is 4.28. The lowest BCUT2D eigenvalue weighted by molar-refractivity contribution is -0.228. The number of rotatable bonds is 2. The zero-order valence-electron chi connectivity index (χ0n) is 7.01. The van der Waals surface area contributed by atoms with Gasteiger partial charge in [0.1, 0.15) is 7.11 Å². The number of halogens is 3. The van der Waals surface area contributed by atoms with Gasteiger partial charge in [0.05, 0.1) is 0 Å². The Morgan fingerprint density at radius 2 is 1.85 bits per heavy atom. The second-order valence-corrected chi connectivity index (χ2v) is 3.05. The van der Waals surface area contributed by atoms with Crippen LogP contribution in [-0.4, -0.2) is 25.5 Å². The van der Waals surface area contributed by atoms with Crippen molar-refractivity contribution >= 4 is 0 Å². The molecular weight excluding hydrogens is 185 g/mol. The zero-order chi connectivity index (χ0) is 9.90. The largest absolute Gasteiger partial charge is 0.414 e. The molecule has 1 unspecified atom stereocenters. The van der Waals surface area contributed by atoms with Crippen molar-refractivity contribution < 1.29 is 22.6 Å². The summed E-state index contributed by atoms with van der Waals surface area (Å²) in [7, 11) is 4.63. The predicted molar refractivity (Wildman–Crippen MR) is 38.8 cm³/mol. The van der Waals surface area contributed by atoms with Gasteiger partial charge >= 0.3 is 6.18 Å². The summed E-state index contributed by atoms with van der Waals surface area (Å²) in [6.45, 7) is 0.696. The minimum Gasteiger partial charge on any atom is -0.381 e. The first-order valence-electron chi connectivity index (χ1n) is 4.05. The van der Waals surface area contributed by atoms with Crippen LogP contribution in [0, 0.1) is 13.0 Å². The Balaban J connectivity index is 2.54. The highest BCUT2D eigenvalue weighted by atomic mass is 19.4. The molecular formula is C8H11F3O2. The SMILES string of the molecule is [CH]OC(C1CCOCC1)C(F)(F)F. The van der Waals surface area contributed by atoms with E-state index in [0.29, 0.717) is 26.1 Å². The molecule has 1 rings (SSSR count). The molecule has 0 N–H and O–H groups in total. The van der Waals surface area contributed by atoms with Crippen molar-refractivity contribution in [3.63, 3.8) is 0 Å². The Hall–Kier alpha value is -0.290. The van der Waals surface area contributed by atoms with Crippen LogP contribution in [0.5, 0.6) is 0 Å². The Morgan fingerprint density at radius 3 is 2.23 bits per heavy atom.